The summed E-state index contributed by atoms with van der Waals surface area (Å²) in [7, 11) is 1.33. The van der Waals surface area contributed by atoms with E-state index >= 15 is 0 Å². The van der Waals surface area contributed by atoms with Crippen LogP contribution >= 0.6 is 11.8 Å². The van der Waals surface area contributed by atoms with Gasteiger partial charge < -0.3 is 18.9 Å². The van der Waals surface area contributed by atoms with E-state index in [1.54, 1.807) is 0 Å². The summed E-state index contributed by atoms with van der Waals surface area (Å²) in [5, 5.41) is 0. The molecule has 0 aliphatic carbocycles. The number of thioether (sulfide) groups is 1. The number of ether oxygens (including phenoxy) is 4. The molecular formula is C15H24O6S. The number of carbonyl (C=O) groups excluding carboxylic acids is 2. The van der Waals surface area contributed by atoms with Gasteiger partial charge in [0.1, 0.15) is 18.1 Å². The molecular weight excluding hydrogens is 308 g/mol. The first-order valence-electron chi connectivity index (χ1n) is 7.25. The van der Waals surface area contributed by atoms with Gasteiger partial charge in [-0.05, 0) is 11.7 Å². The van der Waals surface area contributed by atoms with E-state index < -0.39 is 29.8 Å². The van der Waals surface area contributed by atoms with Crippen LogP contribution in [0.4, 0.5) is 4.79 Å². The lowest BCUT2D eigenvalue weighted by Gasteiger charge is -2.42. The van der Waals surface area contributed by atoms with Gasteiger partial charge in [0.25, 0.3) is 0 Å². The first-order chi connectivity index (χ1) is 10.5. The highest BCUT2D eigenvalue weighted by molar-refractivity contribution is 7.99. The molecule has 0 N–H and O–H groups in total. The molecule has 2 unspecified atom stereocenters. The van der Waals surface area contributed by atoms with E-state index in [4.69, 9.17) is 18.9 Å². The molecule has 6 nitrogen and oxygen atoms in total. The monoisotopic (exact) mass is 332 g/mol. The van der Waals surface area contributed by atoms with Gasteiger partial charge in [0.15, 0.2) is 6.10 Å². The van der Waals surface area contributed by atoms with E-state index in [0.717, 1.165) is 5.75 Å². The lowest BCUT2D eigenvalue weighted by molar-refractivity contribution is -0.181. The van der Waals surface area contributed by atoms with Crippen molar-refractivity contribution in [1.82, 2.24) is 0 Å². The van der Waals surface area contributed by atoms with E-state index in [1.165, 1.54) is 24.9 Å². The molecule has 1 heterocycles. The summed E-state index contributed by atoms with van der Waals surface area (Å²) in [4.78, 5) is 23.5. The Kier molecular flexibility index (Phi) is 7.75. The van der Waals surface area contributed by atoms with E-state index in [9.17, 15) is 9.59 Å². The fourth-order valence-electron chi connectivity index (χ4n) is 2.29. The third-order valence-corrected chi connectivity index (χ3v) is 4.73. The summed E-state index contributed by atoms with van der Waals surface area (Å²) < 4.78 is 20.9. The first kappa shape index (κ1) is 18.8. The minimum atomic E-state index is -0.759. The van der Waals surface area contributed by atoms with Crippen LogP contribution in [0.2, 0.25) is 0 Å². The van der Waals surface area contributed by atoms with Crippen molar-refractivity contribution in [1.29, 1.82) is 0 Å². The van der Waals surface area contributed by atoms with Crippen molar-refractivity contribution in [3.8, 4) is 0 Å². The van der Waals surface area contributed by atoms with Gasteiger partial charge in [-0.15, -0.1) is 11.8 Å². The minimum absolute atomic E-state index is 0.0711. The Morgan fingerprint density at radius 1 is 1.32 bits per heavy atom. The average Bonchev–Trinajstić information content (AvgIpc) is 2.51. The molecule has 1 rings (SSSR count). The van der Waals surface area contributed by atoms with Crippen LogP contribution < -0.4 is 0 Å². The number of hydrogen-bond acceptors (Lipinski definition) is 7. The van der Waals surface area contributed by atoms with E-state index in [2.05, 4.69) is 6.58 Å². The predicted octanol–water partition coefficient (Wildman–Crippen LogP) is 2.62. The number of rotatable bonds is 6. The van der Waals surface area contributed by atoms with Crippen LogP contribution in [0.3, 0.4) is 0 Å². The van der Waals surface area contributed by atoms with Gasteiger partial charge in [-0.1, -0.05) is 33.4 Å². The summed E-state index contributed by atoms with van der Waals surface area (Å²) in [6.07, 6.45) is -0.437. The van der Waals surface area contributed by atoms with Crippen LogP contribution in [0.15, 0.2) is 12.7 Å². The number of methoxy groups -OCH3 is 1. The van der Waals surface area contributed by atoms with Gasteiger partial charge in [-0.2, -0.15) is 0 Å². The van der Waals surface area contributed by atoms with Gasteiger partial charge in [-0.3, -0.25) is 0 Å². The summed E-state index contributed by atoms with van der Waals surface area (Å²) in [5.41, 5.74) is -0.434. The summed E-state index contributed by atoms with van der Waals surface area (Å²) in [6, 6.07) is 0. The topological polar surface area (TPSA) is 71.1 Å². The van der Waals surface area contributed by atoms with Crippen molar-refractivity contribution in [3.05, 3.63) is 12.7 Å². The molecule has 1 aliphatic rings. The maximum atomic E-state index is 11.8. The molecule has 0 aromatic rings. The third-order valence-electron chi connectivity index (χ3n) is 3.69. The van der Waals surface area contributed by atoms with Crippen LogP contribution in [0.5, 0.6) is 0 Å². The zero-order valence-electron chi connectivity index (χ0n) is 13.4. The maximum Gasteiger partial charge on any atom is 0.508 e. The molecule has 0 saturated carbocycles. The maximum absolute atomic E-state index is 11.8. The molecule has 22 heavy (non-hydrogen) atoms. The highest BCUT2D eigenvalue weighted by Crippen LogP contribution is 2.37. The minimum Gasteiger partial charge on any atom is -0.467 e. The number of hydrogen-bond donors (Lipinski definition) is 0. The molecule has 1 aliphatic heterocycles. The van der Waals surface area contributed by atoms with E-state index in [-0.39, 0.29) is 18.4 Å². The zero-order chi connectivity index (χ0) is 16.7. The van der Waals surface area contributed by atoms with Crippen molar-refractivity contribution in [2.45, 2.75) is 38.4 Å². The molecule has 1 saturated heterocycles. The standard InChI is InChI=1S/C15H24O6S/c1-6-8-19-15(17)21-12-10(4)9(3)11(13(16)18-5)20-14(12)22-7-2/h6,9-12,14H,1,7-8H2,2-5H3/t9-,10-,11?,12?,14-/m0/s1. The van der Waals surface area contributed by atoms with Crippen molar-refractivity contribution < 1.29 is 28.5 Å². The van der Waals surface area contributed by atoms with Gasteiger partial charge in [0, 0.05) is 5.92 Å². The SMILES string of the molecule is C=CCOC(=O)OC1[C@@H](C)[C@H](C)C(C(=O)OC)O[C@H]1SCC. The van der Waals surface area contributed by atoms with Crippen LogP contribution in [0.1, 0.15) is 20.8 Å². The smallest absolute Gasteiger partial charge is 0.467 e. The second-order valence-corrected chi connectivity index (χ2v) is 6.43. The zero-order valence-corrected chi connectivity index (χ0v) is 14.3. The quantitative estimate of drug-likeness (QED) is 0.547. The molecule has 0 spiro atoms. The highest BCUT2D eigenvalue weighted by atomic mass is 32.2. The molecule has 0 bridgehead atoms. The fraction of sp³-hybridized carbons (Fsp3) is 0.733. The Morgan fingerprint density at radius 3 is 2.55 bits per heavy atom. The Hall–Kier alpha value is -1.21. The van der Waals surface area contributed by atoms with Gasteiger partial charge in [0.05, 0.1) is 7.11 Å². The van der Waals surface area contributed by atoms with Gasteiger partial charge >= 0.3 is 12.1 Å². The van der Waals surface area contributed by atoms with Crippen molar-refractivity contribution in [2.24, 2.45) is 11.8 Å². The highest BCUT2D eigenvalue weighted by Gasteiger charge is 2.47. The molecule has 7 heteroatoms. The lowest BCUT2D eigenvalue weighted by atomic mass is 9.84. The second kappa shape index (κ2) is 9.05. The Bertz CT molecular complexity index is 399. The normalized spacial score (nSPS) is 31.2. The predicted molar refractivity (Wildman–Crippen MR) is 83.6 cm³/mol. The Balaban J connectivity index is 2.83. The van der Waals surface area contributed by atoms with Crippen molar-refractivity contribution >= 4 is 23.9 Å². The largest absolute Gasteiger partial charge is 0.508 e. The van der Waals surface area contributed by atoms with E-state index in [0.29, 0.717) is 0 Å². The molecule has 126 valence electrons. The van der Waals surface area contributed by atoms with Crippen LogP contribution in [-0.4, -0.2) is 49.2 Å². The number of esters is 1. The molecule has 0 amide bonds. The van der Waals surface area contributed by atoms with Gasteiger partial charge in [0.2, 0.25) is 0 Å². The molecule has 0 radical (unpaired) electrons. The summed E-state index contributed by atoms with van der Waals surface area (Å²) >= 11 is 1.48. The van der Waals surface area contributed by atoms with Crippen molar-refractivity contribution in [2.75, 3.05) is 19.5 Å². The molecule has 1 fully saturated rings. The molecule has 0 aromatic heterocycles. The first-order valence-corrected chi connectivity index (χ1v) is 8.30. The third kappa shape index (κ3) is 4.64. The lowest BCUT2D eigenvalue weighted by Crippen LogP contribution is -2.52. The van der Waals surface area contributed by atoms with Crippen molar-refractivity contribution in [3.63, 3.8) is 0 Å². The second-order valence-electron chi connectivity index (χ2n) is 5.05. The van der Waals surface area contributed by atoms with Crippen LogP contribution in [0.25, 0.3) is 0 Å². The summed E-state index contributed by atoms with van der Waals surface area (Å²) in [5.74, 6) is 0.145. The van der Waals surface area contributed by atoms with Crippen LogP contribution in [-0.2, 0) is 23.7 Å². The van der Waals surface area contributed by atoms with E-state index in [1.807, 2.05) is 20.8 Å². The van der Waals surface area contributed by atoms with Gasteiger partial charge in [-0.25, -0.2) is 9.59 Å². The Morgan fingerprint density at radius 2 is 2.00 bits per heavy atom. The van der Waals surface area contributed by atoms with Crippen LogP contribution in [0, 0.1) is 11.8 Å². The average molecular weight is 332 g/mol. The fourth-order valence-corrected chi connectivity index (χ4v) is 3.31. The Labute approximate surface area is 135 Å². The number of carbonyl (C=O) groups is 2. The molecule has 5 atom stereocenters. The summed E-state index contributed by atoms with van der Waals surface area (Å²) in [6.45, 7) is 9.34. The molecule has 0 aromatic carbocycles.